The highest BCUT2D eigenvalue weighted by molar-refractivity contribution is 5.82. The molecule has 0 bridgehead atoms. The highest BCUT2D eigenvalue weighted by Crippen LogP contribution is 2.43. The van der Waals surface area contributed by atoms with Crippen molar-refractivity contribution in [2.75, 3.05) is 0 Å². The Labute approximate surface area is 157 Å². The summed E-state index contributed by atoms with van der Waals surface area (Å²) in [6.45, 7) is 0.510. The minimum atomic E-state index is -5.08. The van der Waals surface area contributed by atoms with Crippen LogP contribution in [0.1, 0.15) is 25.1 Å². The summed E-state index contributed by atoms with van der Waals surface area (Å²) >= 11 is 0. The normalized spacial score (nSPS) is 15.7. The van der Waals surface area contributed by atoms with Gasteiger partial charge in [0.15, 0.2) is 5.82 Å². The van der Waals surface area contributed by atoms with Gasteiger partial charge in [-0.1, -0.05) is 0 Å². The van der Waals surface area contributed by atoms with Crippen LogP contribution in [0.4, 0.5) is 13.2 Å². The van der Waals surface area contributed by atoms with Crippen molar-refractivity contribution in [3.63, 3.8) is 0 Å². The van der Waals surface area contributed by atoms with Gasteiger partial charge in [0.25, 0.3) is 0 Å². The number of carboxylic acid groups (broad SMARTS) is 1. The van der Waals surface area contributed by atoms with Crippen LogP contribution in [0.3, 0.4) is 0 Å². The minimum Gasteiger partial charge on any atom is -0.475 e. The zero-order chi connectivity index (χ0) is 20.8. The molecule has 0 radical (unpaired) electrons. The molecular formula is C15H18F3N7O3. The molecule has 1 saturated carbocycles. The lowest BCUT2D eigenvalue weighted by Crippen LogP contribution is -2.46. The standard InChI is InChI=1S/C13H17N7O.C2HF3O2/c14-10(2-9-20-17-7-8-18-20)11(21)19-13(3-4-13)12-15-5-1-6-16-12;3-2(4,5)1(6)7/h1,5-8,10H,2-4,9,14H2,(H,19,21);(H,6,7). The largest absolute Gasteiger partial charge is 0.490 e. The molecule has 0 aliphatic heterocycles. The zero-order valence-corrected chi connectivity index (χ0v) is 14.5. The zero-order valence-electron chi connectivity index (χ0n) is 14.5. The molecule has 1 aliphatic carbocycles. The lowest BCUT2D eigenvalue weighted by atomic mass is 10.1. The van der Waals surface area contributed by atoms with Gasteiger partial charge < -0.3 is 16.2 Å². The molecule has 10 nitrogen and oxygen atoms in total. The van der Waals surface area contributed by atoms with Crippen molar-refractivity contribution in [3.8, 4) is 0 Å². The van der Waals surface area contributed by atoms with Crippen molar-refractivity contribution in [1.29, 1.82) is 0 Å². The van der Waals surface area contributed by atoms with E-state index in [1.54, 1.807) is 30.9 Å². The van der Waals surface area contributed by atoms with Gasteiger partial charge in [-0.3, -0.25) is 4.79 Å². The Morgan fingerprint density at radius 3 is 2.21 bits per heavy atom. The van der Waals surface area contributed by atoms with E-state index in [0.717, 1.165) is 12.8 Å². The first kappa shape index (κ1) is 21.2. The number of nitrogens with one attached hydrogen (secondary N) is 1. The molecule has 0 aromatic carbocycles. The van der Waals surface area contributed by atoms with Crippen LogP contribution in [-0.4, -0.2) is 54.2 Å². The van der Waals surface area contributed by atoms with E-state index >= 15 is 0 Å². The molecule has 2 aromatic rings. The SMILES string of the molecule is NC(CCn1nccn1)C(=O)NC1(c2ncccn2)CC1.O=C(O)C(F)(F)F. The van der Waals surface area contributed by atoms with Gasteiger partial charge in [-0.15, -0.1) is 0 Å². The quantitative estimate of drug-likeness (QED) is 0.623. The second-order valence-corrected chi connectivity index (χ2v) is 5.97. The van der Waals surface area contributed by atoms with Gasteiger partial charge in [0.1, 0.15) is 0 Å². The van der Waals surface area contributed by atoms with Crippen LogP contribution in [0.2, 0.25) is 0 Å². The maximum absolute atomic E-state index is 12.2. The molecule has 152 valence electrons. The fraction of sp³-hybridized carbons (Fsp3) is 0.467. The number of aryl methyl sites for hydroxylation is 1. The average molecular weight is 401 g/mol. The molecule has 0 saturated heterocycles. The van der Waals surface area contributed by atoms with Crippen LogP contribution < -0.4 is 11.1 Å². The predicted octanol–water partition coefficient (Wildman–Crippen LogP) is 0.224. The number of aromatic nitrogens is 5. The third-order valence-corrected chi connectivity index (χ3v) is 3.79. The maximum Gasteiger partial charge on any atom is 0.490 e. The molecule has 1 atom stereocenters. The molecule has 1 amide bonds. The fourth-order valence-electron chi connectivity index (χ4n) is 2.15. The second kappa shape index (κ2) is 8.73. The number of carboxylic acids is 1. The molecule has 1 fully saturated rings. The number of nitrogens with zero attached hydrogens (tertiary/aromatic N) is 5. The topological polar surface area (TPSA) is 149 Å². The Balaban J connectivity index is 0.000000345. The van der Waals surface area contributed by atoms with Crippen molar-refractivity contribution in [2.45, 2.75) is 43.6 Å². The molecule has 2 heterocycles. The molecule has 2 aromatic heterocycles. The van der Waals surface area contributed by atoms with Gasteiger partial charge in [-0.25, -0.2) is 14.8 Å². The van der Waals surface area contributed by atoms with Crippen LogP contribution >= 0.6 is 0 Å². The number of hydrogen-bond acceptors (Lipinski definition) is 7. The van der Waals surface area contributed by atoms with E-state index in [4.69, 9.17) is 15.6 Å². The van der Waals surface area contributed by atoms with Gasteiger partial charge in [-0.05, 0) is 25.3 Å². The minimum absolute atomic E-state index is 0.188. The van der Waals surface area contributed by atoms with E-state index in [1.807, 2.05) is 0 Å². The van der Waals surface area contributed by atoms with Crippen molar-refractivity contribution in [1.82, 2.24) is 30.3 Å². The Morgan fingerprint density at radius 2 is 1.75 bits per heavy atom. The lowest BCUT2D eigenvalue weighted by molar-refractivity contribution is -0.192. The molecule has 28 heavy (non-hydrogen) atoms. The number of carbonyl (C=O) groups is 2. The summed E-state index contributed by atoms with van der Waals surface area (Å²) in [6.07, 6.45) is 3.63. The Bertz CT molecular complexity index is 780. The molecular weight excluding hydrogens is 383 g/mol. The number of aliphatic carboxylic acids is 1. The first-order chi connectivity index (χ1) is 13.1. The lowest BCUT2D eigenvalue weighted by Gasteiger charge is -2.18. The highest BCUT2D eigenvalue weighted by Gasteiger charge is 2.48. The van der Waals surface area contributed by atoms with Crippen molar-refractivity contribution >= 4 is 11.9 Å². The van der Waals surface area contributed by atoms with Crippen LogP contribution in [0.25, 0.3) is 0 Å². The molecule has 3 rings (SSSR count). The number of hydrogen-bond donors (Lipinski definition) is 3. The van der Waals surface area contributed by atoms with Crippen LogP contribution in [0.5, 0.6) is 0 Å². The first-order valence-electron chi connectivity index (χ1n) is 8.13. The highest BCUT2D eigenvalue weighted by atomic mass is 19.4. The van der Waals surface area contributed by atoms with Crippen LogP contribution in [-0.2, 0) is 21.7 Å². The molecule has 1 aliphatic rings. The van der Waals surface area contributed by atoms with Gasteiger partial charge >= 0.3 is 12.1 Å². The molecule has 1 unspecified atom stereocenters. The summed E-state index contributed by atoms with van der Waals surface area (Å²) in [5.74, 6) is -2.29. The number of nitrogens with two attached hydrogens (primary N) is 1. The van der Waals surface area contributed by atoms with E-state index < -0.39 is 23.7 Å². The molecule has 4 N–H and O–H groups in total. The summed E-state index contributed by atoms with van der Waals surface area (Å²) in [4.78, 5) is 31.0. The van der Waals surface area contributed by atoms with E-state index in [-0.39, 0.29) is 5.91 Å². The summed E-state index contributed by atoms with van der Waals surface area (Å²) < 4.78 is 31.7. The molecule has 13 heteroatoms. The smallest absolute Gasteiger partial charge is 0.475 e. The Kier molecular flexibility index (Phi) is 6.62. The van der Waals surface area contributed by atoms with E-state index in [2.05, 4.69) is 25.5 Å². The monoisotopic (exact) mass is 401 g/mol. The van der Waals surface area contributed by atoms with Gasteiger partial charge in [0.05, 0.1) is 30.5 Å². The number of amides is 1. The van der Waals surface area contributed by atoms with Crippen molar-refractivity contribution < 1.29 is 27.9 Å². The van der Waals surface area contributed by atoms with Gasteiger partial charge in [0.2, 0.25) is 5.91 Å². The van der Waals surface area contributed by atoms with E-state index in [1.165, 1.54) is 4.80 Å². The summed E-state index contributed by atoms with van der Waals surface area (Å²) in [5, 5.41) is 18.1. The second-order valence-electron chi connectivity index (χ2n) is 5.97. The van der Waals surface area contributed by atoms with Crippen molar-refractivity contribution in [2.24, 2.45) is 5.73 Å². The maximum atomic E-state index is 12.2. The van der Waals surface area contributed by atoms with Crippen molar-refractivity contribution in [3.05, 3.63) is 36.7 Å². The van der Waals surface area contributed by atoms with Gasteiger partial charge in [-0.2, -0.15) is 28.2 Å². The molecule has 0 spiro atoms. The third-order valence-electron chi connectivity index (χ3n) is 3.79. The first-order valence-corrected chi connectivity index (χ1v) is 8.13. The summed E-state index contributed by atoms with van der Waals surface area (Å²) in [6, 6.07) is 1.15. The van der Waals surface area contributed by atoms with Crippen LogP contribution in [0, 0.1) is 0 Å². The fourth-order valence-corrected chi connectivity index (χ4v) is 2.15. The average Bonchev–Trinajstić information content (AvgIpc) is 3.24. The Morgan fingerprint density at radius 1 is 1.21 bits per heavy atom. The summed E-state index contributed by atoms with van der Waals surface area (Å²) in [5.41, 5.74) is 5.49. The summed E-state index contributed by atoms with van der Waals surface area (Å²) in [7, 11) is 0. The van der Waals surface area contributed by atoms with Gasteiger partial charge in [0, 0.05) is 12.4 Å². The van der Waals surface area contributed by atoms with Crippen LogP contribution in [0.15, 0.2) is 30.9 Å². The van der Waals surface area contributed by atoms with E-state index in [0.29, 0.717) is 18.8 Å². The predicted molar refractivity (Wildman–Crippen MR) is 87.4 cm³/mol. The number of carbonyl (C=O) groups excluding carboxylic acids is 1. The number of rotatable bonds is 6. The van der Waals surface area contributed by atoms with E-state index in [9.17, 15) is 18.0 Å². The third kappa shape index (κ3) is 5.97. The Hall–Kier alpha value is -3.09. The number of halogens is 3. The number of alkyl halides is 3.